The summed E-state index contributed by atoms with van der Waals surface area (Å²) in [6.45, 7) is 3.13. The summed E-state index contributed by atoms with van der Waals surface area (Å²) in [5.41, 5.74) is 1.22. The van der Waals surface area contributed by atoms with Crippen LogP contribution in [0.2, 0.25) is 5.02 Å². The number of rotatable bonds is 7. The molecule has 3 aromatic rings. The maximum absolute atomic E-state index is 13.5. The molecule has 0 spiro atoms. The highest BCUT2D eigenvalue weighted by molar-refractivity contribution is 7.88. The largest absolute Gasteiger partial charge is 0.490 e. The zero-order valence-electron chi connectivity index (χ0n) is 18.2. The summed E-state index contributed by atoms with van der Waals surface area (Å²) < 4.78 is 50.6. The van der Waals surface area contributed by atoms with Crippen LogP contribution >= 0.6 is 11.6 Å². The third-order valence-electron chi connectivity index (χ3n) is 5.35. The summed E-state index contributed by atoms with van der Waals surface area (Å²) in [6.07, 6.45) is 3.62. The molecule has 0 radical (unpaired) electrons. The predicted molar refractivity (Wildman–Crippen MR) is 125 cm³/mol. The Morgan fingerprint density at radius 1 is 1.18 bits per heavy atom. The van der Waals surface area contributed by atoms with E-state index in [0.717, 1.165) is 0 Å². The summed E-state index contributed by atoms with van der Waals surface area (Å²) in [5.74, 6) is 1.07. The molecule has 1 aliphatic heterocycles. The van der Waals surface area contributed by atoms with Crippen LogP contribution in [0.4, 0.5) is 15.9 Å². The van der Waals surface area contributed by atoms with Crippen LogP contribution in [0.25, 0.3) is 10.9 Å². The minimum absolute atomic E-state index is 0.00134. The Balaban J connectivity index is 1.63. The molecule has 11 heteroatoms. The molecule has 33 heavy (non-hydrogen) atoms. The number of aromatic nitrogens is 2. The van der Waals surface area contributed by atoms with Crippen LogP contribution in [-0.4, -0.2) is 54.7 Å². The lowest BCUT2D eigenvalue weighted by atomic mass is 10.1. The normalized spacial score (nSPS) is 15.5. The van der Waals surface area contributed by atoms with E-state index in [9.17, 15) is 12.8 Å². The van der Waals surface area contributed by atoms with Crippen molar-refractivity contribution in [3.8, 4) is 11.5 Å². The second-order valence-electron chi connectivity index (χ2n) is 7.70. The van der Waals surface area contributed by atoms with Crippen LogP contribution in [0.1, 0.15) is 19.8 Å². The van der Waals surface area contributed by atoms with Crippen molar-refractivity contribution in [2.24, 2.45) is 0 Å². The molecule has 2 aromatic carbocycles. The maximum atomic E-state index is 13.5. The first-order valence-corrected chi connectivity index (χ1v) is 12.7. The molecule has 1 aromatic heterocycles. The smallest absolute Gasteiger partial charge is 0.211 e. The quantitative estimate of drug-likeness (QED) is 0.521. The van der Waals surface area contributed by atoms with Gasteiger partial charge in [-0.3, -0.25) is 0 Å². The van der Waals surface area contributed by atoms with Gasteiger partial charge in [-0.25, -0.2) is 27.1 Å². The highest BCUT2D eigenvalue weighted by atomic mass is 35.5. The average molecular weight is 495 g/mol. The highest BCUT2D eigenvalue weighted by Crippen LogP contribution is 2.36. The number of benzene rings is 2. The van der Waals surface area contributed by atoms with Gasteiger partial charge in [0.1, 0.15) is 24.1 Å². The fraction of sp³-hybridized carbons (Fsp3) is 0.364. The second kappa shape index (κ2) is 9.66. The van der Waals surface area contributed by atoms with Gasteiger partial charge >= 0.3 is 0 Å². The second-order valence-corrected chi connectivity index (χ2v) is 10.1. The summed E-state index contributed by atoms with van der Waals surface area (Å²) in [6, 6.07) is 7.91. The van der Waals surface area contributed by atoms with Crippen LogP contribution in [0.15, 0.2) is 36.7 Å². The number of fused-ring (bicyclic) bond motifs is 1. The summed E-state index contributed by atoms with van der Waals surface area (Å²) in [4.78, 5) is 8.66. The third-order valence-corrected chi connectivity index (χ3v) is 6.94. The van der Waals surface area contributed by atoms with Crippen molar-refractivity contribution in [2.45, 2.75) is 25.9 Å². The van der Waals surface area contributed by atoms with Crippen molar-refractivity contribution in [1.29, 1.82) is 0 Å². The number of ether oxygens (including phenoxy) is 2. The molecule has 2 heterocycles. The number of nitrogens with zero attached hydrogens (tertiary/aromatic N) is 3. The minimum atomic E-state index is -3.21. The zero-order valence-corrected chi connectivity index (χ0v) is 19.8. The Morgan fingerprint density at radius 2 is 1.94 bits per heavy atom. The Bertz CT molecular complexity index is 1270. The molecular weight excluding hydrogens is 471 g/mol. The molecule has 0 atom stereocenters. The number of halogens is 2. The van der Waals surface area contributed by atoms with E-state index >= 15 is 0 Å². The van der Waals surface area contributed by atoms with Crippen molar-refractivity contribution in [3.05, 3.63) is 47.5 Å². The molecule has 1 saturated heterocycles. The molecule has 8 nitrogen and oxygen atoms in total. The Morgan fingerprint density at radius 3 is 2.61 bits per heavy atom. The molecule has 0 amide bonds. The minimum Gasteiger partial charge on any atom is -0.490 e. The van der Waals surface area contributed by atoms with E-state index in [4.69, 9.17) is 21.1 Å². The van der Waals surface area contributed by atoms with E-state index in [2.05, 4.69) is 15.3 Å². The summed E-state index contributed by atoms with van der Waals surface area (Å²) in [5, 5.41) is 3.83. The van der Waals surface area contributed by atoms with Crippen LogP contribution in [0.5, 0.6) is 11.5 Å². The van der Waals surface area contributed by atoms with Gasteiger partial charge in [0, 0.05) is 30.2 Å². The van der Waals surface area contributed by atoms with Crippen LogP contribution < -0.4 is 14.8 Å². The van der Waals surface area contributed by atoms with Gasteiger partial charge in [-0.1, -0.05) is 11.6 Å². The fourth-order valence-electron chi connectivity index (χ4n) is 3.70. The Labute approximate surface area is 196 Å². The van der Waals surface area contributed by atoms with Gasteiger partial charge in [0.05, 0.1) is 23.4 Å². The van der Waals surface area contributed by atoms with Crippen LogP contribution in [-0.2, 0) is 10.0 Å². The van der Waals surface area contributed by atoms with E-state index in [-0.39, 0.29) is 11.1 Å². The monoisotopic (exact) mass is 494 g/mol. The van der Waals surface area contributed by atoms with Crippen LogP contribution in [0, 0.1) is 5.82 Å². The van der Waals surface area contributed by atoms with Gasteiger partial charge in [0.15, 0.2) is 11.5 Å². The maximum Gasteiger partial charge on any atom is 0.211 e. The van der Waals surface area contributed by atoms with E-state index in [0.29, 0.717) is 66.4 Å². The summed E-state index contributed by atoms with van der Waals surface area (Å²) >= 11 is 5.90. The Hall–Kier alpha value is -2.69. The van der Waals surface area contributed by atoms with Crippen molar-refractivity contribution >= 4 is 44.0 Å². The van der Waals surface area contributed by atoms with Crippen LogP contribution in [0.3, 0.4) is 0 Å². The number of sulfonamides is 1. The van der Waals surface area contributed by atoms with Gasteiger partial charge in [0.2, 0.25) is 10.0 Å². The molecule has 0 saturated carbocycles. The lowest BCUT2D eigenvalue weighted by Crippen LogP contribution is -2.41. The lowest BCUT2D eigenvalue weighted by molar-refractivity contribution is 0.130. The van der Waals surface area contributed by atoms with E-state index in [1.807, 2.05) is 6.92 Å². The SMILES string of the molecule is CCOc1cc2ncnc(Nc3ccc(F)c(Cl)c3)c2cc1OC1CCN(S(C)(=O)=O)CC1. The zero-order chi connectivity index (χ0) is 23.6. The lowest BCUT2D eigenvalue weighted by Gasteiger charge is -2.31. The third kappa shape index (κ3) is 5.45. The molecular formula is C22H24ClFN4O4S. The molecule has 1 aliphatic rings. The standard InChI is InChI=1S/C22H24ClFN4O4S/c1-3-31-20-12-19-16(11-21(20)32-15-6-8-28(9-7-15)33(2,29)30)22(26-13-25-19)27-14-4-5-18(24)17(23)10-14/h4-5,10-13,15H,3,6-9H2,1-2H3,(H,25,26,27). The van der Waals surface area contributed by atoms with Crippen molar-refractivity contribution in [2.75, 3.05) is 31.3 Å². The molecule has 0 bridgehead atoms. The molecule has 1 N–H and O–H groups in total. The first-order chi connectivity index (χ1) is 15.7. The first-order valence-electron chi connectivity index (χ1n) is 10.5. The molecule has 1 fully saturated rings. The van der Waals surface area contributed by atoms with Crippen molar-refractivity contribution < 1.29 is 22.3 Å². The number of nitrogens with one attached hydrogen (secondary N) is 1. The highest BCUT2D eigenvalue weighted by Gasteiger charge is 2.27. The Kier molecular flexibility index (Phi) is 6.87. The summed E-state index contributed by atoms with van der Waals surface area (Å²) in [7, 11) is -3.21. The fourth-order valence-corrected chi connectivity index (χ4v) is 4.75. The predicted octanol–water partition coefficient (Wildman–Crippen LogP) is 4.37. The average Bonchev–Trinajstić information content (AvgIpc) is 2.77. The van der Waals surface area contributed by atoms with E-state index in [1.165, 1.54) is 29.0 Å². The topological polar surface area (TPSA) is 93.7 Å². The first kappa shape index (κ1) is 23.5. The number of piperidine rings is 1. The van der Waals surface area contributed by atoms with E-state index < -0.39 is 15.8 Å². The van der Waals surface area contributed by atoms with Gasteiger partial charge in [-0.05, 0) is 44.0 Å². The molecule has 176 valence electrons. The van der Waals surface area contributed by atoms with Gasteiger partial charge in [0.25, 0.3) is 0 Å². The van der Waals surface area contributed by atoms with Crippen molar-refractivity contribution in [3.63, 3.8) is 0 Å². The van der Waals surface area contributed by atoms with Crippen molar-refractivity contribution in [1.82, 2.24) is 14.3 Å². The number of hydrogen-bond donors (Lipinski definition) is 1. The van der Waals surface area contributed by atoms with Gasteiger partial charge in [-0.15, -0.1) is 0 Å². The number of hydrogen-bond acceptors (Lipinski definition) is 7. The molecule has 0 unspecified atom stereocenters. The molecule has 4 rings (SSSR count). The number of anilines is 2. The van der Waals surface area contributed by atoms with Gasteiger partial charge in [-0.2, -0.15) is 0 Å². The van der Waals surface area contributed by atoms with Gasteiger partial charge < -0.3 is 14.8 Å². The molecule has 0 aliphatic carbocycles. The van der Waals surface area contributed by atoms with E-state index in [1.54, 1.807) is 18.2 Å².